The number of hydrogen-bond donors (Lipinski definition) is 3. The maximum absolute atomic E-state index is 14.0. The molecule has 3 unspecified atom stereocenters. The molecule has 1 aliphatic carbocycles. The van der Waals surface area contributed by atoms with Gasteiger partial charge in [0.25, 0.3) is 5.91 Å². The van der Waals surface area contributed by atoms with Gasteiger partial charge in [0.1, 0.15) is 11.6 Å². The minimum Gasteiger partial charge on any atom is -0.506 e. The number of rotatable bonds is 10. The lowest BCUT2D eigenvalue weighted by Crippen LogP contribution is -2.53. The van der Waals surface area contributed by atoms with E-state index in [0.29, 0.717) is 30.4 Å². The topological polar surface area (TPSA) is 146 Å². The van der Waals surface area contributed by atoms with Crippen molar-refractivity contribution in [3.05, 3.63) is 54.9 Å². The summed E-state index contributed by atoms with van der Waals surface area (Å²) in [5.41, 5.74) is 1.54. The van der Waals surface area contributed by atoms with Crippen molar-refractivity contribution in [2.24, 2.45) is 5.92 Å². The van der Waals surface area contributed by atoms with Crippen LogP contribution in [-0.2, 0) is 19.6 Å². The lowest BCUT2D eigenvalue weighted by molar-refractivity contribution is -0.134. The third kappa shape index (κ3) is 5.75. The first-order valence-electron chi connectivity index (χ1n) is 15.7. The molecular weight excluding hydrogens is 608 g/mol. The zero-order valence-electron chi connectivity index (χ0n) is 26.5. The van der Waals surface area contributed by atoms with Crippen molar-refractivity contribution in [1.29, 1.82) is 0 Å². The number of carbonyl (C=O) groups is 2. The van der Waals surface area contributed by atoms with E-state index in [1.54, 1.807) is 31.5 Å². The number of fused-ring (bicyclic) bond motifs is 1. The molecule has 0 radical (unpaired) electrons. The van der Waals surface area contributed by atoms with Crippen LogP contribution in [0.5, 0.6) is 5.75 Å². The molecule has 13 heteroatoms. The van der Waals surface area contributed by atoms with Crippen LogP contribution in [0.1, 0.15) is 43.0 Å². The van der Waals surface area contributed by atoms with Crippen molar-refractivity contribution in [3.8, 4) is 16.9 Å². The summed E-state index contributed by atoms with van der Waals surface area (Å²) in [5.74, 6) is -0.858. The molecule has 2 saturated heterocycles. The van der Waals surface area contributed by atoms with Crippen molar-refractivity contribution in [1.82, 2.24) is 24.5 Å². The summed E-state index contributed by atoms with van der Waals surface area (Å²) in [6.45, 7) is 9.25. The summed E-state index contributed by atoms with van der Waals surface area (Å²) < 4.78 is 33.7. The number of likely N-dealkylation sites (N-methyl/N-ethyl adjacent to an activating group) is 1. The first-order chi connectivity index (χ1) is 22.0. The Balaban J connectivity index is 1.39. The number of aromatic nitrogens is 2. The van der Waals surface area contributed by atoms with Crippen LogP contribution in [-0.4, -0.2) is 103 Å². The van der Waals surface area contributed by atoms with Crippen molar-refractivity contribution in [2.75, 3.05) is 51.8 Å². The highest BCUT2D eigenvalue weighted by atomic mass is 32.2. The maximum atomic E-state index is 14.0. The predicted octanol–water partition coefficient (Wildman–Crippen LogP) is 2.72. The van der Waals surface area contributed by atoms with Gasteiger partial charge in [-0.2, -0.15) is 0 Å². The number of methoxy groups -OCH3 is 1. The van der Waals surface area contributed by atoms with Crippen LogP contribution >= 0.6 is 0 Å². The highest BCUT2D eigenvalue weighted by Crippen LogP contribution is 2.49. The van der Waals surface area contributed by atoms with Gasteiger partial charge in [0.2, 0.25) is 15.9 Å². The summed E-state index contributed by atoms with van der Waals surface area (Å²) in [5, 5.41) is 17.0. The van der Waals surface area contributed by atoms with Gasteiger partial charge in [0.15, 0.2) is 0 Å². The largest absolute Gasteiger partial charge is 0.506 e. The van der Waals surface area contributed by atoms with Gasteiger partial charge < -0.3 is 30.3 Å². The fourth-order valence-electron chi connectivity index (χ4n) is 6.69. The Bertz CT molecular complexity index is 1760. The first kappa shape index (κ1) is 32.0. The molecule has 2 aromatic heterocycles. The van der Waals surface area contributed by atoms with Crippen molar-refractivity contribution in [2.45, 2.75) is 49.5 Å². The van der Waals surface area contributed by atoms with Crippen molar-refractivity contribution in [3.63, 3.8) is 0 Å². The van der Waals surface area contributed by atoms with Crippen LogP contribution in [0.2, 0.25) is 0 Å². The van der Waals surface area contributed by atoms with Gasteiger partial charge in [-0.05, 0) is 69.5 Å². The number of ether oxygens (including phenoxy) is 1. The molecule has 1 aromatic carbocycles. The molecule has 2 amide bonds. The third-order valence-electron chi connectivity index (χ3n) is 9.68. The SMILES string of the molecule is C=CCC1(S(=O)(=O)n2cc(O)c3c(C(=O)NCC4C(=O)NC(C)CC4OC)cc(-c4ccc(N5CCN(C)CC5)nc4)cc32)CC1. The summed E-state index contributed by atoms with van der Waals surface area (Å²) in [4.78, 5) is 35.8. The fraction of sp³-hybridized carbons (Fsp3) is 0.485. The number of allylic oxidation sites excluding steroid dienone is 1. The molecule has 3 N–H and O–H groups in total. The second-order valence-electron chi connectivity index (χ2n) is 12.8. The van der Waals surface area contributed by atoms with Crippen LogP contribution < -0.4 is 15.5 Å². The molecule has 0 spiro atoms. The van der Waals surface area contributed by atoms with E-state index in [1.807, 2.05) is 19.1 Å². The minimum absolute atomic E-state index is 0.00506. The lowest BCUT2D eigenvalue weighted by Gasteiger charge is -2.33. The molecule has 1 saturated carbocycles. The van der Waals surface area contributed by atoms with Crippen molar-refractivity contribution >= 4 is 38.6 Å². The predicted molar refractivity (Wildman–Crippen MR) is 176 cm³/mol. The Kier molecular flexibility index (Phi) is 8.59. The van der Waals surface area contributed by atoms with Crippen molar-refractivity contribution < 1.29 is 27.9 Å². The highest BCUT2D eigenvalue weighted by molar-refractivity contribution is 7.91. The van der Waals surface area contributed by atoms with Gasteiger partial charge in [-0.3, -0.25) is 9.59 Å². The zero-order valence-corrected chi connectivity index (χ0v) is 27.3. The Hall–Kier alpha value is -3.94. The second kappa shape index (κ2) is 12.3. The number of aromatic hydroxyl groups is 1. The van der Waals surface area contributed by atoms with E-state index in [4.69, 9.17) is 9.72 Å². The molecule has 3 aliphatic rings. The van der Waals surface area contributed by atoms with E-state index < -0.39 is 26.6 Å². The van der Waals surface area contributed by atoms with E-state index in [1.165, 1.54) is 6.20 Å². The number of nitrogens with zero attached hydrogens (tertiary/aromatic N) is 4. The monoisotopic (exact) mass is 650 g/mol. The molecule has 46 heavy (non-hydrogen) atoms. The first-order valence-corrected chi connectivity index (χ1v) is 17.2. The van der Waals surface area contributed by atoms with Gasteiger partial charge in [0.05, 0.1) is 39.4 Å². The average Bonchev–Trinajstić information content (AvgIpc) is 3.76. The van der Waals surface area contributed by atoms with Gasteiger partial charge in [-0.15, -0.1) is 6.58 Å². The van der Waals surface area contributed by atoms with Gasteiger partial charge in [-0.25, -0.2) is 17.4 Å². The highest BCUT2D eigenvalue weighted by Gasteiger charge is 2.54. The van der Waals surface area contributed by atoms with E-state index in [2.05, 4.69) is 34.1 Å². The zero-order chi connectivity index (χ0) is 32.8. The van der Waals surface area contributed by atoms with E-state index >= 15 is 0 Å². The molecule has 3 atom stereocenters. The van der Waals surface area contributed by atoms with E-state index in [-0.39, 0.29) is 53.2 Å². The van der Waals surface area contributed by atoms with Crippen LogP contribution in [0.4, 0.5) is 5.82 Å². The molecule has 6 rings (SSSR count). The molecular formula is C33H42N6O6S. The lowest BCUT2D eigenvalue weighted by atomic mass is 9.91. The molecule has 3 aromatic rings. The maximum Gasteiger partial charge on any atom is 0.252 e. The number of carbonyl (C=O) groups excluding carboxylic acids is 2. The number of amides is 2. The number of piperidine rings is 1. The van der Waals surface area contributed by atoms with E-state index in [0.717, 1.165) is 36.0 Å². The van der Waals surface area contributed by atoms with Crippen LogP contribution in [0, 0.1) is 5.92 Å². The molecule has 0 bridgehead atoms. The summed E-state index contributed by atoms with van der Waals surface area (Å²) in [7, 11) is -0.323. The summed E-state index contributed by atoms with van der Waals surface area (Å²) in [6, 6.07) is 7.09. The normalized spacial score (nSPS) is 23.2. The van der Waals surface area contributed by atoms with E-state index in [9.17, 15) is 23.1 Å². The average molecular weight is 651 g/mol. The Morgan fingerprint density at radius 3 is 2.59 bits per heavy atom. The van der Waals surface area contributed by atoms with Gasteiger partial charge in [0, 0.05) is 57.6 Å². The van der Waals surface area contributed by atoms with Crippen LogP contribution in [0.15, 0.2) is 49.3 Å². The number of benzene rings is 1. The van der Waals surface area contributed by atoms with Crippen LogP contribution in [0.3, 0.4) is 0 Å². The fourth-order valence-corrected chi connectivity index (χ4v) is 8.70. The summed E-state index contributed by atoms with van der Waals surface area (Å²) in [6.07, 6.45) is 5.97. The molecule has 12 nitrogen and oxygen atoms in total. The second-order valence-corrected chi connectivity index (χ2v) is 15.0. The van der Waals surface area contributed by atoms with Gasteiger partial charge in [-0.1, -0.05) is 6.08 Å². The Morgan fingerprint density at radius 2 is 1.96 bits per heavy atom. The van der Waals surface area contributed by atoms with Crippen LogP contribution in [0.25, 0.3) is 22.0 Å². The summed E-state index contributed by atoms with van der Waals surface area (Å²) >= 11 is 0. The van der Waals surface area contributed by atoms with Gasteiger partial charge >= 0.3 is 0 Å². The number of pyridine rings is 1. The minimum atomic E-state index is -3.96. The number of hydrogen-bond acceptors (Lipinski definition) is 9. The third-order valence-corrected chi connectivity index (χ3v) is 12.2. The Morgan fingerprint density at radius 1 is 1.22 bits per heavy atom. The number of anilines is 1. The molecule has 246 valence electrons. The molecule has 2 aliphatic heterocycles. The smallest absolute Gasteiger partial charge is 0.252 e. The quantitative estimate of drug-likeness (QED) is 0.282. The number of piperazine rings is 1. The standard InChI is InChI=1S/C33H42N6O6S/c1-5-8-33(9-10-33)46(43,44)39-20-27(40)30-24(31(41)35-19-25-28(45-4)15-21(2)36-32(25)42)16-23(17-26(30)39)22-6-7-29(34-18-22)38-13-11-37(3)12-14-38/h5-7,16-18,20-21,25,28,40H,1,8-15,19H2,2-4H3,(H,35,41)(H,36,42). The number of nitrogens with one attached hydrogen (secondary N) is 2. The molecule has 3 fully saturated rings. The molecule has 4 heterocycles. The Labute approximate surface area is 269 Å².